The Kier molecular flexibility index (Phi) is 6.09. The molecule has 1 aliphatic rings. The molecule has 0 unspecified atom stereocenters. The van der Waals surface area contributed by atoms with Crippen molar-refractivity contribution in [2.75, 3.05) is 25.5 Å². The molecule has 0 bridgehead atoms. The highest BCUT2D eigenvalue weighted by Gasteiger charge is 2.25. The number of rotatable bonds is 6. The van der Waals surface area contributed by atoms with Gasteiger partial charge in [0.15, 0.2) is 0 Å². The van der Waals surface area contributed by atoms with Crippen molar-refractivity contribution in [3.8, 4) is 17.0 Å². The summed E-state index contributed by atoms with van der Waals surface area (Å²) < 4.78 is 19.3. The molecule has 0 saturated carbocycles. The average molecular weight is 408 g/mol. The molecule has 6 nitrogen and oxygen atoms in total. The summed E-state index contributed by atoms with van der Waals surface area (Å²) in [7, 11) is 1.58. The molecule has 0 atom stereocenters. The quantitative estimate of drug-likeness (QED) is 0.645. The molecule has 7 heteroatoms. The maximum atomic E-state index is 14.1. The first-order chi connectivity index (χ1) is 14.6. The van der Waals surface area contributed by atoms with Crippen molar-refractivity contribution in [2.24, 2.45) is 5.92 Å². The number of halogens is 1. The van der Waals surface area contributed by atoms with Gasteiger partial charge >= 0.3 is 0 Å². The number of amides is 1. The lowest BCUT2D eigenvalue weighted by Crippen LogP contribution is -2.37. The van der Waals surface area contributed by atoms with Gasteiger partial charge in [0, 0.05) is 35.5 Å². The zero-order valence-corrected chi connectivity index (χ0v) is 16.9. The van der Waals surface area contributed by atoms with Crippen LogP contribution in [0.3, 0.4) is 0 Å². The fourth-order valence-corrected chi connectivity index (χ4v) is 3.82. The number of methoxy groups -OCH3 is 1. The van der Waals surface area contributed by atoms with E-state index in [0.29, 0.717) is 17.9 Å². The molecule has 1 saturated heterocycles. The summed E-state index contributed by atoms with van der Waals surface area (Å²) >= 11 is 0. The van der Waals surface area contributed by atoms with Gasteiger partial charge < -0.3 is 10.1 Å². The summed E-state index contributed by atoms with van der Waals surface area (Å²) in [4.78, 5) is 14.9. The third-order valence-corrected chi connectivity index (χ3v) is 5.55. The first-order valence-corrected chi connectivity index (χ1v) is 10.1. The van der Waals surface area contributed by atoms with Gasteiger partial charge in [0.05, 0.1) is 12.8 Å². The third-order valence-electron chi connectivity index (χ3n) is 5.55. The topological polar surface area (TPSA) is 70.2 Å². The zero-order chi connectivity index (χ0) is 20.9. The van der Waals surface area contributed by atoms with Gasteiger partial charge in [0.2, 0.25) is 5.91 Å². The minimum absolute atomic E-state index is 0.0315. The summed E-state index contributed by atoms with van der Waals surface area (Å²) in [5.41, 5.74) is 3.27. The predicted molar refractivity (Wildman–Crippen MR) is 114 cm³/mol. The van der Waals surface area contributed by atoms with E-state index >= 15 is 0 Å². The predicted octanol–water partition coefficient (Wildman–Crippen LogP) is 4.08. The summed E-state index contributed by atoms with van der Waals surface area (Å²) in [5, 5.41) is 9.93. The van der Waals surface area contributed by atoms with Gasteiger partial charge in [-0.1, -0.05) is 12.1 Å². The number of hydrogen-bond acceptors (Lipinski definition) is 4. The normalized spacial score (nSPS) is 15.1. The van der Waals surface area contributed by atoms with Crippen molar-refractivity contribution in [3.63, 3.8) is 0 Å². The number of likely N-dealkylation sites (tertiary alicyclic amines) is 1. The standard InChI is InChI=1S/C23H25FN4O2/c1-30-20-5-6-21(24)18(14-20)15-28-11-8-16(9-12-28)23(29)26-19-4-2-3-17(13-19)22-7-10-25-27-22/h2-7,10,13-14,16H,8-9,11-12,15H2,1H3,(H,25,27)(H,26,29). The number of aromatic nitrogens is 2. The Hall–Kier alpha value is -3.19. The second kappa shape index (κ2) is 9.09. The molecule has 3 aromatic rings. The molecule has 1 aromatic heterocycles. The Morgan fingerprint density at radius 2 is 2.07 bits per heavy atom. The Morgan fingerprint density at radius 1 is 1.23 bits per heavy atom. The van der Waals surface area contributed by atoms with E-state index in [9.17, 15) is 9.18 Å². The smallest absolute Gasteiger partial charge is 0.227 e. The summed E-state index contributed by atoms with van der Waals surface area (Å²) in [6, 6.07) is 14.4. The Labute approximate surface area is 175 Å². The van der Waals surface area contributed by atoms with Crippen molar-refractivity contribution >= 4 is 11.6 Å². The third kappa shape index (κ3) is 4.68. The highest BCUT2D eigenvalue weighted by atomic mass is 19.1. The Morgan fingerprint density at radius 3 is 2.80 bits per heavy atom. The van der Waals surface area contributed by atoms with E-state index in [-0.39, 0.29) is 17.6 Å². The minimum atomic E-state index is -0.229. The first-order valence-electron chi connectivity index (χ1n) is 10.1. The number of H-pyrrole nitrogens is 1. The van der Waals surface area contributed by atoms with E-state index in [2.05, 4.69) is 20.4 Å². The summed E-state index contributed by atoms with van der Waals surface area (Å²) in [6.07, 6.45) is 3.20. The van der Waals surface area contributed by atoms with Crippen LogP contribution in [0.15, 0.2) is 54.7 Å². The number of hydrogen-bond donors (Lipinski definition) is 2. The van der Waals surface area contributed by atoms with E-state index < -0.39 is 0 Å². The molecule has 0 radical (unpaired) electrons. The number of piperidine rings is 1. The molecule has 2 N–H and O–H groups in total. The molecule has 1 fully saturated rings. The number of aromatic amines is 1. The number of ether oxygens (including phenoxy) is 1. The van der Waals surface area contributed by atoms with Crippen molar-refractivity contribution < 1.29 is 13.9 Å². The van der Waals surface area contributed by atoms with Crippen LogP contribution < -0.4 is 10.1 Å². The van der Waals surface area contributed by atoms with Crippen LogP contribution in [0.25, 0.3) is 11.3 Å². The lowest BCUT2D eigenvalue weighted by atomic mass is 9.95. The minimum Gasteiger partial charge on any atom is -0.497 e. The fourth-order valence-electron chi connectivity index (χ4n) is 3.82. The molecule has 1 aliphatic heterocycles. The van der Waals surface area contributed by atoms with Crippen LogP contribution in [0.5, 0.6) is 5.75 Å². The van der Waals surface area contributed by atoms with Crippen molar-refractivity contribution in [3.05, 3.63) is 66.1 Å². The van der Waals surface area contributed by atoms with Crippen molar-refractivity contribution in [1.29, 1.82) is 0 Å². The van der Waals surface area contributed by atoms with Gasteiger partial charge in [0.1, 0.15) is 11.6 Å². The van der Waals surface area contributed by atoms with Crippen LogP contribution in [0, 0.1) is 11.7 Å². The van der Waals surface area contributed by atoms with Crippen LogP contribution in [0.2, 0.25) is 0 Å². The van der Waals surface area contributed by atoms with E-state index in [4.69, 9.17) is 4.74 Å². The van der Waals surface area contributed by atoms with Gasteiger partial charge in [0.25, 0.3) is 0 Å². The van der Waals surface area contributed by atoms with Gasteiger partial charge in [-0.15, -0.1) is 0 Å². The van der Waals surface area contributed by atoms with Gasteiger partial charge in [-0.3, -0.25) is 14.8 Å². The second-order valence-electron chi connectivity index (χ2n) is 7.55. The Bertz CT molecular complexity index is 998. The Balaban J connectivity index is 1.32. The molecule has 2 heterocycles. The van der Waals surface area contributed by atoms with Crippen LogP contribution in [-0.4, -0.2) is 41.2 Å². The van der Waals surface area contributed by atoms with Gasteiger partial charge in [-0.25, -0.2) is 4.39 Å². The van der Waals surface area contributed by atoms with E-state index in [1.165, 1.54) is 6.07 Å². The van der Waals surface area contributed by atoms with E-state index in [1.807, 2.05) is 30.3 Å². The molecule has 0 spiro atoms. The van der Waals surface area contributed by atoms with Crippen LogP contribution >= 0.6 is 0 Å². The zero-order valence-electron chi connectivity index (χ0n) is 16.9. The molecular formula is C23H25FN4O2. The second-order valence-corrected chi connectivity index (χ2v) is 7.55. The van der Waals surface area contributed by atoms with E-state index in [1.54, 1.807) is 25.4 Å². The van der Waals surface area contributed by atoms with Crippen molar-refractivity contribution in [1.82, 2.24) is 15.1 Å². The largest absolute Gasteiger partial charge is 0.497 e. The van der Waals surface area contributed by atoms with Gasteiger partial charge in [-0.2, -0.15) is 5.10 Å². The van der Waals surface area contributed by atoms with E-state index in [0.717, 1.165) is 42.9 Å². The number of carbonyl (C=O) groups is 1. The SMILES string of the molecule is COc1ccc(F)c(CN2CCC(C(=O)Nc3cccc(-c4ccn[nH]4)c3)CC2)c1. The van der Waals surface area contributed by atoms with Crippen LogP contribution in [-0.2, 0) is 11.3 Å². The molecule has 0 aliphatic carbocycles. The number of carbonyl (C=O) groups excluding carboxylic acids is 1. The van der Waals surface area contributed by atoms with Crippen LogP contribution in [0.4, 0.5) is 10.1 Å². The number of anilines is 1. The van der Waals surface area contributed by atoms with Gasteiger partial charge in [-0.05, 0) is 62.3 Å². The summed E-state index contributed by atoms with van der Waals surface area (Å²) in [6.45, 7) is 2.02. The molecular weight excluding hydrogens is 383 g/mol. The number of benzene rings is 2. The highest BCUT2D eigenvalue weighted by molar-refractivity contribution is 5.93. The summed E-state index contributed by atoms with van der Waals surface area (Å²) in [5.74, 6) is 0.405. The lowest BCUT2D eigenvalue weighted by Gasteiger charge is -2.31. The molecule has 2 aromatic carbocycles. The maximum absolute atomic E-state index is 14.1. The number of nitrogens with zero attached hydrogens (tertiary/aromatic N) is 2. The highest BCUT2D eigenvalue weighted by Crippen LogP contribution is 2.25. The van der Waals surface area contributed by atoms with Crippen molar-refractivity contribution in [2.45, 2.75) is 19.4 Å². The molecule has 1 amide bonds. The monoisotopic (exact) mass is 408 g/mol. The average Bonchev–Trinajstić information content (AvgIpc) is 3.31. The maximum Gasteiger partial charge on any atom is 0.227 e. The van der Waals surface area contributed by atoms with Crippen LogP contribution in [0.1, 0.15) is 18.4 Å². The lowest BCUT2D eigenvalue weighted by molar-refractivity contribution is -0.121. The fraction of sp³-hybridized carbons (Fsp3) is 0.304. The molecule has 4 rings (SSSR count). The first kappa shape index (κ1) is 20.1. The molecule has 30 heavy (non-hydrogen) atoms. The number of nitrogens with one attached hydrogen (secondary N) is 2. The molecule has 156 valence electrons.